The van der Waals surface area contributed by atoms with Crippen LogP contribution in [-0.4, -0.2) is 58.6 Å². The van der Waals surface area contributed by atoms with E-state index in [1.54, 1.807) is 6.07 Å². The van der Waals surface area contributed by atoms with Gasteiger partial charge in [0.2, 0.25) is 0 Å². The number of alkyl halides is 3. The number of nitrogens with one attached hydrogen (secondary N) is 1. The molecule has 6 rings (SSSR count). The highest BCUT2D eigenvalue weighted by molar-refractivity contribution is 5.86. The number of carboxylic acids is 1. The summed E-state index contributed by atoms with van der Waals surface area (Å²) in [6.07, 6.45) is -0.281. The average molecular weight is 554 g/mol. The standard InChI is InChI=1S/C32H38F3N3O2/c1-21-26-19-37(15-12-31(30(39)40)11-5-13-38(20-31)18-22-6-3-2-4-7-22)14-10-23(26)16-28-29(21)25-17-24(32(33,34)35)8-9-27(25)36-28/h2-4,6-9,17,21,23,26,36H,5,10-16,18-20H2,1H3,(H,39,40)/t21-,23-,26-,31?/m1/s1. The van der Waals surface area contributed by atoms with Gasteiger partial charge in [-0.25, -0.2) is 0 Å². The number of hydrogen-bond donors (Lipinski definition) is 2. The van der Waals surface area contributed by atoms with Gasteiger partial charge in [-0.05, 0) is 98.8 Å². The number of H-pyrrole nitrogens is 1. The van der Waals surface area contributed by atoms with E-state index in [0.29, 0.717) is 36.6 Å². The molecule has 2 fully saturated rings. The number of aromatic nitrogens is 1. The monoisotopic (exact) mass is 553 g/mol. The molecule has 1 aliphatic carbocycles. The molecule has 4 atom stereocenters. The number of fused-ring (bicyclic) bond motifs is 4. The molecule has 2 saturated heterocycles. The van der Waals surface area contributed by atoms with Crippen LogP contribution in [0.5, 0.6) is 0 Å². The Kier molecular flexibility index (Phi) is 7.20. The van der Waals surface area contributed by atoms with Gasteiger partial charge in [-0.15, -0.1) is 0 Å². The second-order valence-corrected chi connectivity index (χ2v) is 12.4. The summed E-state index contributed by atoms with van der Waals surface area (Å²) < 4.78 is 40.4. The first-order valence-electron chi connectivity index (χ1n) is 14.6. The van der Waals surface area contributed by atoms with E-state index in [2.05, 4.69) is 33.8 Å². The minimum Gasteiger partial charge on any atom is -0.481 e. The lowest BCUT2D eigenvalue weighted by molar-refractivity contribution is -0.154. The fourth-order valence-electron chi connectivity index (χ4n) is 7.79. The van der Waals surface area contributed by atoms with Crippen LogP contribution in [0, 0.1) is 17.3 Å². The Morgan fingerprint density at radius 1 is 1.12 bits per heavy atom. The van der Waals surface area contributed by atoms with Gasteiger partial charge in [-0.2, -0.15) is 13.2 Å². The molecule has 2 N–H and O–H groups in total. The lowest BCUT2D eigenvalue weighted by Crippen LogP contribution is -2.50. The third-order valence-electron chi connectivity index (χ3n) is 9.97. The molecule has 3 aromatic rings. The van der Waals surface area contributed by atoms with E-state index in [9.17, 15) is 23.1 Å². The third-order valence-corrected chi connectivity index (χ3v) is 9.97. The number of benzene rings is 2. The van der Waals surface area contributed by atoms with E-state index in [-0.39, 0.29) is 5.92 Å². The van der Waals surface area contributed by atoms with Crippen LogP contribution in [0.1, 0.15) is 60.9 Å². The van der Waals surface area contributed by atoms with Crippen molar-refractivity contribution in [2.24, 2.45) is 17.3 Å². The molecule has 214 valence electrons. The molecule has 1 unspecified atom stereocenters. The number of likely N-dealkylation sites (tertiary alicyclic amines) is 2. The number of hydrogen-bond acceptors (Lipinski definition) is 3. The summed E-state index contributed by atoms with van der Waals surface area (Å²) in [4.78, 5) is 20.8. The molecule has 2 aliphatic heterocycles. The first-order chi connectivity index (χ1) is 19.1. The first-order valence-corrected chi connectivity index (χ1v) is 14.6. The molecule has 0 spiro atoms. The number of carbonyl (C=O) groups is 1. The largest absolute Gasteiger partial charge is 0.481 e. The zero-order valence-corrected chi connectivity index (χ0v) is 23.0. The summed E-state index contributed by atoms with van der Waals surface area (Å²) in [6.45, 7) is 6.94. The van der Waals surface area contributed by atoms with Crippen LogP contribution in [0.15, 0.2) is 48.5 Å². The van der Waals surface area contributed by atoms with Crippen LogP contribution in [0.4, 0.5) is 13.2 Å². The Labute approximate surface area is 233 Å². The Balaban J connectivity index is 1.15. The summed E-state index contributed by atoms with van der Waals surface area (Å²) in [5, 5.41) is 11.1. The van der Waals surface area contributed by atoms with Crippen molar-refractivity contribution in [1.29, 1.82) is 0 Å². The van der Waals surface area contributed by atoms with Crippen molar-refractivity contribution >= 4 is 16.9 Å². The maximum Gasteiger partial charge on any atom is 0.416 e. The third kappa shape index (κ3) is 5.16. The molecule has 0 saturated carbocycles. The Morgan fingerprint density at radius 2 is 1.93 bits per heavy atom. The number of piperidine rings is 2. The lowest BCUT2D eigenvalue weighted by Gasteiger charge is -2.46. The lowest BCUT2D eigenvalue weighted by atomic mass is 9.68. The van der Waals surface area contributed by atoms with Gasteiger partial charge in [0.15, 0.2) is 0 Å². The number of carboxylic acid groups (broad SMARTS) is 1. The van der Waals surface area contributed by atoms with Crippen LogP contribution in [0.3, 0.4) is 0 Å². The van der Waals surface area contributed by atoms with E-state index >= 15 is 0 Å². The quantitative estimate of drug-likeness (QED) is 0.364. The molecule has 0 amide bonds. The highest BCUT2D eigenvalue weighted by Crippen LogP contribution is 2.47. The summed E-state index contributed by atoms with van der Waals surface area (Å²) in [5.41, 5.74) is 2.75. The number of aliphatic carboxylic acids is 1. The van der Waals surface area contributed by atoms with Gasteiger partial charge in [0, 0.05) is 36.2 Å². The molecule has 8 heteroatoms. The maximum atomic E-state index is 13.5. The summed E-state index contributed by atoms with van der Waals surface area (Å²) >= 11 is 0. The molecule has 0 bridgehead atoms. The van der Waals surface area contributed by atoms with Gasteiger partial charge < -0.3 is 15.0 Å². The van der Waals surface area contributed by atoms with Crippen LogP contribution in [0.25, 0.3) is 10.9 Å². The van der Waals surface area contributed by atoms with Crippen LogP contribution < -0.4 is 0 Å². The van der Waals surface area contributed by atoms with E-state index in [1.807, 2.05) is 18.2 Å². The Hall–Kier alpha value is -2.84. The van der Waals surface area contributed by atoms with Crippen molar-refractivity contribution in [2.75, 3.05) is 32.7 Å². The van der Waals surface area contributed by atoms with Crippen LogP contribution in [-0.2, 0) is 23.9 Å². The molecule has 5 nitrogen and oxygen atoms in total. The molecular weight excluding hydrogens is 515 g/mol. The Bertz CT molecular complexity index is 1370. The van der Waals surface area contributed by atoms with Gasteiger partial charge in [-0.1, -0.05) is 37.3 Å². The molecule has 40 heavy (non-hydrogen) atoms. The van der Waals surface area contributed by atoms with E-state index in [1.165, 1.54) is 11.6 Å². The minimum absolute atomic E-state index is 0.137. The number of nitrogens with zero attached hydrogens (tertiary/aromatic N) is 2. The zero-order valence-electron chi connectivity index (χ0n) is 23.0. The van der Waals surface area contributed by atoms with Crippen molar-refractivity contribution in [3.8, 4) is 0 Å². The normalized spacial score (nSPS) is 27.9. The fraction of sp³-hybridized carbons (Fsp3) is 0.531. The molecule has 0 radical (unpaired) electrons. The summed E-state index contributed by atoms with van der Waals surface area (Å²) in [6, 6.07) is 14.3. The highest BCUT2D eigenvalue weighted by Gasteiger charge is 2.44. The van der Waals surface area contributed by atoms with E-state index in [4.69, 9.17) is 0 Å². The van der Waals surface area contributed by atoms with Gasteiger partial charge in [-0.3, -0.25) is 9.69 Å². The van der Waals surface area contributed by atoms with Crippen molar-refractivity contribution in [2.45, 2.75) is 57.7 Å². The SMILES string of the molecule is C[C@H]1c2c([nH]c3ccc(C(F)(F)F)cc23)C[C@H]2CCN(CCC3(C(=O)O)CCCN(Cc4ccccc4)C3)C[C@@H]21. The fourth-order valence-corrected chi connectivity index (χ4v) is 7.79. The Morgan fingerprint density at radius 3 is 2.67 bits per heavy atom. The first kappa shape index (κ1) is 27.3. The number of aromatic amines is 1. The summed E-state index contributed by atoms with van der Waals surface area (Å²) in [7, 11) is 0. The maximum absolute atomic E-state index is 13.5. The topological polar surface area (TPSA) is 59.6 Å². The number of halogens is 3. The van der Waals surface area contributed by atoms with Crippen LogP contribution in [0.2, 0.25) is 0 Å². The predicted molar refractivity (Wildman–Crippen MR) is 149 cm³/mol. The minimum atomic E-state index is -4.36. The predicted octanol–water partition coefficient (Wildman–Crippen LogP) is 6.54. The zero-order chi connectivity index (χ0) is 28.1. The van der Waals surface area contributed by atoms with E-state index < -0.39 is 23.1 Å². The van der Waals surface area contributed by atoms with Crippen LogP contribution >= 0.6 is 0 Å². The smallest absolute Gasteiger partial charge is 0.416 e. The van der Waals surface area contributed by atoms with Crippen molar-refractivity contribution < 1.29 is 23.1 Å². The van der Waals surface area contributed by atoms with Crippen molar-refractivity contribution in [3.05, 3.63) is 70.9 Å². The second-order valence-electron chi connectivity index (χ2n) is 12.4. The van der Waals surface area contributed by atoms with Crippen molar-refractivity contribution in [1.82, 2.24) is 14.8 Å². The average Bonchev–Trinajstić information content (AvgIpc) is 3.30. The second kappa shape index (κ2) is 10.5. The van der Waals surface area contributed by atoms with Gasteiger partial charge in [0.05, 0.1) is 11.0 Å². The molecule has 1 aromatic heterocycles. The van der Waals surface area contributed by atoms with Gasteiger partial charge in [0.1, 0.15) is 0 Å². The molecular formula is C32H38F3N3O2. The highest BCUT2D eigenvalue weighted by atomic mass is 19.4. The van der Waals surface area contributed by atoms with Gasteiger partial charge >= 0.3 is 12.1 Å². The molecule has 3 heterocycles. The molecule has 3 aliphatic rings. The summed E-state index contributed by atoms with van der Waals surface area (Å²) in [5.74, 6) is 0.267. The number of rotatable bonds is 6. The van der Waals surface area contributed by atoms with E-state index in [0.717, 1.165) is 74.8 Å². The van der Waals surface area contributed by atoms with Crippen molar-refractivity contribution in [3.63, 3.8) is 0 Å². The molecule has 2 aromatic carbocycles. The van der Waals surface area contributed by atoms with Gasteiger partial charge in [0.25, 0.3) is 0 Å².